The quantitative estimate of drug-likeness (QED) is 0.702. The normalized spacial score (nSPS) is 14.3. The molecule has 0 saturated heterocycles. The Morgan fingerprint density at radius 3 is 3.00 bits per heavy atom. The van der Waals surface area contributed by atoms with E-state index in [0.717, 1.165) is 39.3 Å². The Bertz CT molecular complexity index is 381. The molecule has 3 heteroatoms. The first-order chi connectivity index (χ1) is 9.92. The van der Waals surface area contributed by atoms with Crippen LogP contribution in [0.3, 0.4) is 0 Å². The number of aryl methyl sites for hydroxylation is 1. The molecule has 0 fully saturated rings. The van der Waals surface area contributed by atoms with Gasteiger partial charge in [0, 0.05) is 38.5 Å². The first kappa shape index (κ1) is 15.3. The van der Waals surface area contributed by atoms with Crippen LogP contribution in [0.1, 0.15) is 31.7 Å². The van der Waals surface area contributed by atoms with E-state index in [9.17, 15) is 0 Å². The van der Waals surface area contributed by atoms with Crippen molar-refractivity contribution in [3.05, 3.63) is 29.8 Å². The summed E-state index contributed by atoms with van der Waals surface area (Å²) in [5.74, 6) is 0. The lowest BCUT2D eigenvalue weighted by molar-refractivity contribution is 0.143. The highest BCUT2D eigenvalue weighted by molar-refractivity contribution is 5.55. The van der Waals surface area contributed by atoms with Crippen molar-refractivity contribution >= 4 is 5.69 Å². The lowest BCUT2D eigenvalue weighted by Gasteiger charge is -2.31. The maximum atomic E-state index is 5.34. The van der Waals surface area contributed by atoms with Crippen LogP contribution in [0.15, 0.2) is 24.3 Å². The van der Waals surface area contributed by atoms with Gasteiger partial charge in [-0.25, -0.2) is 0 Å². The van der Waals surface area contributed by atoms with Gasteiger partial charge in [-0.05, 0) is 50.8 Å². The molecule has 0 bridgehead atoms. The fraction of sp³-hybridized carbons (Fsp3) is 0.647. The van der Waals surface area contributed by atoms with Gasteiger partial charge in [0.1, 0.15) is 0 Å². The average molecular weight is 276 g/mol. The lowest BCUT2D eigenvalue weighted by atomic mass is 10.0. The highest BCUT2D eigenvalue weighted by atomic mass is 16.5. The number of unbranched alkanes of at least 4 members (excludes halogenated alkanes) is 1. The Kier molecular flexibility index (Phi) is 6.89. The fourth-order valence-electron chi connectivity index (χ4n) is 2.78. The molecule has 1 N–H and O–H groups in total. The van der Waals surface area contributed by atoms with Crippen molar-refractivity contribution in [1.29, 1.82) is 0 Å². The van der Waals surface area contributed by atoms with E-state index in [1.165, 1.54) is 37.1 Å². The van der Waals surface area contributed by atoms with Crippen molar-refractivity contribution in [2.45, 2.75) is 32.6 Å². The maximum Gasteiger partial charge on any atom is 0.0466 e. The first-order valence-electron chi connectivity index (χ1n) is 8.03. The standard InChI is InChI=1S/C17H28N2O/c1-2-20-15-6-5-11-18-12-14-19-13-7-9-16-8-3-4-10-17(16)19/h3-4,8,10,18H,2,5-7,9,11-15H2,1H3. The van der Waals surface area contributed by atoms with Gasteiger partial charge >= 0.3 is 0 Å². The van der Waals surface area contributed by atoms with E-state index < -0.39 is 0 Å². The van der Waals surface area contributed by atoms with E-state index in [2.05, 4.69) is 41.4 Å². The summed E-state index contributed by atoms with van der Waals surface area (Å²) in [4.78, 5) is 2.52. The van der Waals surface area contributed by atoms with Gasteiger partial charge < -0.3 is 15.0 Å². The summed E-state index contributed by atoms with van der Waals surface area (Å²) in [6.45, 7) is 8.27. The van der Waals surface area contributed by atoms with Crippen LogP contribution in [0.2, 0.25) is 0 Å². The van der Waals surface area contributed by atoms with Gasteiger partial charge in [-0.3, -0.25) is 0 Å². The fourth-order valence-corrected chi connectivity index (χ4v) is 2.78. The van der Waals surface area contributed by atoms with Gasteiger partial charge in [-0.1, -0.05) is 18.2 Å². The molecule has 0 aliphatic carbocycles. The minimum Gasteiger partial charge on any atom is -0.382 e. The van der Waals surface area contributed by atoms with Crippen molar-refractivity contribution in [3.8, 4) is 0 Å². The van der Waals surface area contributed by atoms with Crippen LogP contribution in [-0.2, 0) is 11.2 Å². The minimum absolute atomic E-state index is 0.835. The molecule has 1 aliphatic rings. The second kappa shape index (κ2) is 8.98. The molecule has 0 unspecified atom stereocenters. The van der Waals surface area contributed by atoms with Crippen LogP contribution in [0.5, 0.6) is 0 Å². The van der Waals surface area contributed by atoms with Crippen LogP contribution in [-0.4, -0.2) is 39.4 Å². The monoisotopic (exact) mass is 276 g/mol. The Balaban J connectivity index is 1.61. The second-order valence-electron chi connectivity index (χ2n) is 5.37. The molecule has 20 heavy (non-hydrogen) atoms. The number of para-hydroxylation sites is 1. The largest absolute Gasteiger partial charge is 0.382 e. The summed E-state index contributed by atoms with van der Waals surface area (Å²) in [6, 6.07) is 8.83. The number of benzene rings is 1. The van der Waals surface area contributed by atoms with Crippen molar-refractivity contribution in [2.75, 3.05) is 44.3 Å². The molecule has 0 saturated carbocycles. The summed E-state index contributed by atoms with van der Waals surface area (Å²) < 4.78 is 5.34. The number of anilines is 1. The number of nitrogens with zero attached hydrogens (tertiary/aromatic N) is 1. The number of fused-ring (bicyclic) bond motifs is 1. The van der Waals surface area contributed by atoms with Crippen LogP contribution in [0, 0.1) is 0 Å². The molecule has 2 rings (SSSR count). The number of ether oxygens (including phenoxy) is 1. The van der Waals surface area contributed by atoms with E-state index in [1.807, 2.05) is 0 Å². The van der Waals surface area contributed by atoms with Crippen molar-refractivity contribution in [1.82, 2.24) is 5.32 Å². The third-order valence-electron chi connectivity index (χ3n) is 3.86. The number of rotatable bonds is 9. The third kappa shape index (κ3) is 4.80. The summed E-state index contributed by atoms with van der Waals surface area (Å²) >= 11 is 0. The number of nitrogens with one attached hydrogen (secondary N) is 1. The Labute approximate surface area is 123 Å². The maximum absolute atomic E-state index is 5.34. The Morgan fingerprint density at radius 1 is 1.20 bits per heavy atom. The predicted molar refractivity (Wildman–Crippen MR) is 85.6 cm³/mol. The molecule has 0 atom stereocenters. The summed E-state index contributed by atoms with van der Waals surface area (Å²) in [5, 5.41) is 3.54. The van der Waals surface area contributed by atoms with E-state index in [1.54, 1.807) is 0 Å². The molecule has 0 aromatic heterocycles. The van der Waals surface area contributed by atoms with Gasteiger partial charge in [0.25, 0.3) is 0 Å². The van der Waals surface area contributed by atoms with Crippen molar-refractivity contribution in [3.63, 3.8) is 0 Å². The van der Waals surface area contributed by atoms with E-state index in [-0.39, 0.29) is 0 Å². The van der Waals surface area contributed by atoms with Crippen LogP contribution in [0.25, 0.3) is 0 Å². The number of hydrogen-bond donors (Lipinski definition) is 1. The molecule has 1 aromatic rings. The van der Waals surface area contributed by atoms with Gasteiger partial charge in [0.05, 0.1) is 0 Å². The van der Waals surface area contributed by atoms with Crippen LogP contribution >= 0.6 is 0 Å². The third-order valence-corrected chi connectivity index (χ3v) is 3.86. The SMILES string of the molecule is CCOCCCCNCCN1CCCc2ccccc21. The smallest absolute Gasteiger partial charge is 0.0466 e. The average Bonchev–Trinajstić information content (AvgIpc) is 2.50. The van der Waals surface area contributed by atoms with Crippen LogP contribution < -0.4 is 10.2 Å². The van der Waals surface area contributed by atoms with Gasteiger partial charge in [0.2, 0.25) is 0 Å². The highest BCUT2D eigenvalue weighted by Crippen LogP contribution is 2.25. The number of hydrogen-bond acceptors (Lipinski definition) is 3. The van der Waals surface area contributed by atoms with E-state index in [0.29, 0.717) is 0 Å². The Morgan fingerprint density at radius 2 is 2.10 bits per heavy atom. The predicted octanol–water partition coefficient (Wildman–Crippen LogP) is 2.85. The second-order valence-corrected chi connectivity index (χ2v) is 5.37. The van der Waals surface area contributed by atoms with Gasteiger partial charge in [-0.15, -0.1) is 0 Å². The lowest BCUT2D eigenvalue weighted by Crippen LogP contribution is -2.36. The topological polar surface area (TPSA) is 24.5 Å². The zero-order valence-corrected chi connectivity index (χ0v) is 12.7. The van der Waals surface area contributed by atoms with Crippen LogP contribution in [0.4, 0.5) is 5.69 Å². The first-order valence-corrected chi connectivity index (χ1v) is 8.03. The van der Waals surface area contributed by atoms with Crippen molar-refractivity contribution in [2.24, 2.45) is 0 Å². The summed E-state index contributed by atoms with van der Waals surface area (Å²) in [6.07, 6.45) is 4.88. The van der Waals surface area contributed by atoms with E-state index in [4.69, 9.17) is 4.74 Å². The molecule has 1 aliphatic heterocycles. The zero-order chi connectivity index (χ0) is 14.0. The summed E-state index contributed by atoms with van der Waals surface area (Å²) in [7, 11) is 0. The highest BCUT2D eigenvalue weighted by Gasteiger charge is 2.14. The molecule has 0 radical (unpaired) electrons. The molecule has 112 valence electrons. The van der Waals surface area contributed by atoms with E-state index >= 15 is 0 Å². The molecule has 1 heterocycles. The Hall–Kier alpha value is -1.06. The summed E-state index contributed by atoms with van der Waals surface area (Å²) in [5.41, 5.74) is 2.95. The molecule has 1 aromatic carbocycles. The van der Waals surface area contributed by atoms with Gasteiger partial charge in [0.15, 0.2) is 0 Å². The van der Waals surface area contributed by atoms with Crippen molar-refractivity contribution < 1.29 is 4.74 Å². The molecule has 0 amide bonds. The minimum atomic E-state index is 0.835. The molecule has 3 nitrogen and oxygen atoms in total. The molecular formula is C17H28N2O. The zero-order valence-electron chi connectivity index (χ0n) is 12.7. The van der Waals surface area contributed by atoms with Gasteiger partial charge in [-0.2, -0.15) is 0 Å². The molecule has 0 spiro atoms. The molecular weight excluding hydrogens is 248 g/mol.